The quantitative estimate of drug-likeness (QED) is 0.856. The van der Waals surface area contributed by atoms with Crippen molar-refractivity contribution in [1.29, 1.82) is 0 Å². The first kappa shape index (κ1) is 15.7. The Morgan fingerprint density at radius 3 is 2.68 bits per heavy atom. The maximum Gasteiger partial charge on any atom is 0.333 e. The van der Waals surface area contributed by atoms with Crippen molar-refractivity contribution in [3.8, 4) is 0 Å². The van der Waals surface area contributed by atoms with Crippen LogP contribution in [0.25, 0.3) is 0 Å². The number of hydrogen-bond donors (Lipinski definition) is 1. The van der Waals surface area contributed by atoms with Gasteiger partial charge in [-0.2, -0.15) is 0 Å². The number of nitrogens with one attached hydrogen (secondary N) is 1. The van der Waals surface area contributed by atoms with Gasteiger partial charge in [0.15, 0.2) is 6.04 Å². The fourth-order valence-corrected chi connectivity index (χ4v) is 1.88. The molecule has 1 unspecified atom stereocenters. The average Bonchev–Trinajstić information content (AvgIpc) is 2.27. The third-order valence-corrected chi connectivity index (χ3v) is 2.69. The Bertz CT molecular complexity index is 483. The minimum absolute atomic E-state index is 0.212. The van der Waals surface area contributed by atoms with E-state index in [0.717, 1.165) is 0 Å². The summed E-state index contributed by atoms with van der Waals surface area (Å²) in [6, 6.07) is 3.48. The van der Waals surface area contributed by atoms with Gasteiger partial charge in [0.25, 0.3) is 0 Å². The van der Waals surface area contributed by atoms with Crippen molar-refractivity contribution < 1.29 is 13.9 Å². The molecular formula is C14H17BrFNO2. The number of rotatable bonds is 4. The van der Waals surface area contributed by atoms with E-state index in [0.29, 0.717) is 4.47 Å². The molecule has 3 nitrogen and oxygen atoms in total. The van der Waals surface area contributed by atoms with Crippen molar-refractivity contribution in [2.24, 2.45) is 0 Å². The van der Waals surface area contributed by atoms with E-state index in [-0.39, 0.29) is 5.56 Å². The molecule has 0 saturated heterocycles. The highest BCUT2D eigenvalue weighted by molar-refractivity contribution is 9.10. The van der Waals surface area contributed by atoms with Crippen LogP contribution in [0.5, 0.6) is 0 Å². The SMILES string of the molecule is C=CNC(C(=O)OC(C)(C)C)c1cc(Br)ccc1F. The molecule has 19 heavy (non-hydrogen) atoms. The number of ether oxygens (including phenoxy) is 1. The molecule has 1 atom stereocenters. The van der Waals surface area contributed by atoms with Crippen LogP contribution in [0.2, 0.25) is 0 Å². The summed E-state index contributed by atoms with van der Waals surface area (Å²) in [5.74, 6) is -1.03. The van der Waals surface area contributed by atoms with E-state index in [4.69, 9.17) is 4.74 Å². The Hall–Kier alpha value is -1.36. The smallest absolute Gasteiger partial charge is 0.333 e. The van der Waals surface area contributed by atoms with Gasteiger partial charge in [-0.1, -0.05) is 22.5 Å². The predicted molar refractivity (Wildman–Crippen MR) is 76.0 cm³/mol. The lowest BCUT2D eigenvalue weighted by molar-refractivity contribution is -0.157. The van der Waals surface area contributed by atoms with Crippen LogP contribution in [0, 0.1) is 5.82 Å². The third kappa shape index (κ3) is 4.67. The molecule has 0 amide bonds. The Morgan fingerprint density at radius 2 is 2.16 bits per heavy atom. The van der Waals surface area contributed by atoms with Gasteiger partial charge in [-0.05, 0) is 45.2 Å². The summed E-state index contributed by atoms with van der Waals surface area (Å²) in [5.41, 5.74) is -0.427. The van der Waals surface area contributed by atoms with Crippen LogP contribution >= 0.6 is 15.9 Å². The molecule has 1 N–H and O–H groups in total. The Labute approximate surface area is 121 Å². The van der Waals surface area contributed by atoms with E-state index >= 15 is 0 Å². The van der Waals surface area contributed by atoms with Crippen molar-refractivity contribution >= 4 is 21.9 Å². The molecule has 104 valence electrons. The van der Waals surface area contributed by atoms with Gasteiger partial charge in [0.1, 0.15) is 11.4 Å². The first-order valence-electron chi connectivity index (χ1n) is 5.79. The maximum atomic E-state index is 13.8. The summed E-state index contributed by atoms with van der Waals surface area (Å²) in [7, 11) is 0. The Balaban J connectivity index is 3.09. The predicted octanol–water partition coefficient (Wildman–Crippen LogP) is 3.70. The monoisotopic (exact) mass is 329 g/mol. The highest BCUT2D eigenvalue weighted by Gasteiger charge is 2.28. The van der Waals surface area contributed by atoms with E-state index in [2.05, 4.69) is 27.8 Å². The summed E-state index contributed by atoms with van der Waals surface area (Å²) in [5, 5.41) is 2.72. The van der Waals surface area contributed by atoms with Crippen LogP contribution < -0.4 is 5.32 Å². The van der Waals surface area contributed by atoms with Crippen LogP contribution in [0.4, 0.5) is 4.39 Å². The van der Waals surface area contributed by atoms with Gasteiger partial charge in [-0.15, -0.1) is 0 Å². The minimum Gasteiger partial charge on any atom is -0.458 e. The molecule has 0 radical (unpaired) electrons. The molecule has 0 fully saturated rings. The normalized spacial score (nSPS) is 12.7. The van der Waals surface area contributed by atoms with E-state index < -0.39 is 23.4 Å². The molecule has 1 aromatic carbocycles. The number of carbonyl (C=O) groups is 1. The Morgan fingerprint density at radius 1 is 1.53 bits per heavy atom. The summed E-state index contributed by atoms with van der Waals surface area (Å²) in [6.07, 6.45) is 1.34. The first-order chi connectivity index (χ1) is 8.74. The fourth-order valence-electron chi connectivity index (χ4n) is 1.50. The van der Waals surface area contributed by atoms with Crippen LogP contribution in [0.15, 0.2) is 35.5 Å². The lowest BCUT2D eigenvalue weighted by Gasteiger charge is -2.24. The summed E-state index contributed by atoms with van der Waals surface area (Å²) in [4.78, 5) is 12.1. The van der Waals surface area contributed by atoms with Crippen LogP contribution in [-0.2, 0) is 9.53 Å². The van der Waals surface area contributed by atoms with Gasteiger partial charge in [-0.25, -0.2) is 9.18 Å². The summed E-state index contributed by atoms with van der Waals surface area (Å²) >= 11 is 3.25. The maximum absolute atomic E-state index is 13.8. The molecule has 5 heteroatoms. The molecule has 0 heterocycles. The molecule has 0 aliphatic heterocycles. The minimum atomic E-state index is -0.922. The largest absolute Gasteiger partial charge is 0.458 e. The molecule has 0 bridgehead atoms. The zero-order chi connectivity index (χ0) is 14.6. The van der Waals surface area contributed by atoms with Crippen molar-refractivity contribution in [3.05, 3.63) is 46.8 Å². The zero-order valence-corrected chi connectivity index (χ0v) is 12.8. The van der Waals surface area contributed by atoms with Gasteiger partial charge in [-0.3, -0.25) is 0 Å². The van der Waals surface area contributed by atoms with Gasteiger partial charge in [0.05, 0.1) is 0 Å². The molecule has 0 aromatic heterocycles. The molecule has 1 aromatic rings. The summed E-state index contributed by atoms with van der Waals surface area (Å²) < 4.78 is 19.8. The summed E-state index contributed by atoms with van der Waals surface area (Å²) in [6.45, 7) is 8.78. The highest BCUT2D eigenvalue weighted by atomic mass is 79.9. The second-order valence-corrected chi connectivity index (χ2v) is 5.92. The number of esters is 1. The van der Waals surface area contributed by atoms with Gasteiger partial charge < -0.3 is 10.1 Å². The topological polar surface area (TPSA) is 38.3 Å². The number of halogens is 2. The first-order valence-corrected chi connectivity index (χ1v) is 6.58. The number of hydrogen-bond acceptors (Lipinski definition) is 3. The average molecular weight is 330 g/mol. The zero-order valence-electron chi connectivity index (χ0n) is 11.2. The van der Waals surface area contributed by atoms with Crippen molar-refractivity contribution in [2.45, 2.75) is 32.4 Å². The number of benzene rings is 1. The van der Waals surface area contributed by atoms with Gasteiger partial charge >= 0.3 is 5.97 Å². The number of carbonyl (C=O) groups excluding carboxylic acids is 1. The van der Waals surface area contributed by atoms with Gasteiger partial charge in [0.2, 0.25) is 0 Å². The lowest BCUT2D eigenvalue weighted by atomic mass is 10.1. The van der Waals surface area contributed by atoms with E-state index in [1.807, 2.05) is 0 Å². The van der Waals surface area contributed by atoms with E-state index in [1.54, 1.807) is 32.9 Å². The molecule has 0 aliphatic carbocycles. The molecule has 0 saturated carbocycles. The van der Waals surface area contributed by atoms with E-state index in [9.17, 15) is 9.18 Å². The highest BCUT2D eigenvalue weighted by Crippen LogP contribution is 2.24. The lowest BCUT2D eigenvalue weighted by Crippen LogP contribution is -2.33. The van der Waals surface area contributed by atoms with Crippen LogP contribution in [0.1, 0.15) is 32.4 Å². The van der Waals surface area contributed by atoms with Crippen LogP contribution in [-0.4, -0.2) is 11.6 Å². The van der Waals surface area contributed by atoms with Crippen LogP contribution in [0.3, 0.4) is 0 Å². The second-order valence-electron chi connectivity index (χ2n) is 5.00. The third-order valence-electron chi connectivity index (χ3n) is 2.20. The van der Waals surface area contributed by atoms with Crippen molar-refractivity contribution in [1.82, 2.24) is 5.32 Å². The molecule has 1 rings (SSSR count). The Kier molecular flexibility index (Phi) is 5.11. The fraction of sp³-hybridized carbons (Fsp3) is 0.357. The molecule has 0 aliphatic rings. The molecule has 0 spiro atoms. The molecular weight excluding hydrogens is 313 g/mol. The van der Waals surface area contributed by atoms with E-state index in [1.165, 1.54) is 12.3 Å². The van der Waals surface area contributed by atoms with Crippen molar-refractivity contribution in [2.75, 3.05) is 0 Å². The van der Waals surface area contributed by atoms with Crippen molar-refractivity contribution in [3.63, 3.8) is 0 Å². The standard InChI is InChI=1S/C14H17BrFNO2/c1-5-17-12(13(18)19-14(2,3)4)10-8-9(15)6-7-11(10)16/h5-8,12,17H,1H2,2-4H3. The second kappa shape index (κ2) is 6.19. The van der Waals surface area contributed by atoms with Gasteiger partial charge in [0, 0.05) is 10.0 Å².